The average molecular weight is 529 g/mol. The van der Waals surface area contributed by atoms with Crippen LogP contribution in [0.4, 0.5) is 4.79 Å². The van der Waals surface area contributed by atoms with Crippen LogP contribution in [-0.4, -0.2) is 86.2 Å². The summed E-state index contributed by atoms with van der Waals surface area (Å²) < 4.78 is 48.7. The molecule has 1 aliphatic heterocycles. The van der Waals surface area contributed by atoms with E-state index in [0.29, 0.717) is 0 Å². The van der Waals surface area contributed by atoms with Crippen LogP contribution < -0.4 is 34.9 Å². The SMILES string of the molecule is O=C(CCOCCOCCNC(=O)OC1CC/C=C/CCC1)ON1C(=O)CC(S(=O)(=O)[O-])C1=O.[Na+]. The summed E-state index contributed by atoms with van der Waals surface area (Å²) in [6, 6.07) is 0. The number of nitrogens with one attached hydrogen (secondary N) is 1. The number of carbonyl (C=O) groups excluding carboxylic acids is 4. The molecule has 1 fully saturated rings. The first-order chi connectivity index (χ1) is 16.2. The molecule has 2 aliphatic rings. The fraction of sp³-hybridized carbons (Fsp3) is 0.700. The van der Waals surface area contributed by atoms with E-state index in [2.05, 4.69) is 22.3 Å². The third kappa shape index (κ3) is 11.8. The average Bonchev–Trinajstić information content (AvgIpc) is 3.03. The van der Waals surface area contributed by atoms with Gasteiger partial charge in [0.2, 0.25) is 0 Å². The van der Waals surface area contributed by atoms with Crippen molar-refractivity contribution in [1.82, 2.24) is 10.4 Å². The van der Waals surface area contributed by atoms with E-state index in [0.717, 1.165) is 32.1 Å². The molecule has 3 amide bonds. The number of ether oxygens (including phenoxy) is 3. The van der Waals surface area contributed by atoms with Crippen molar-refractivity contribution in [2.24, 2.45) is 0 Å². The summed E-state index contributed by atoms with van der Waals surface area (Å²) in [4.78, 5) is 51.4. The van der Waals surface area contributed by atoms with E-state index in [1.807, 2.05) is 0 Å². The van der Waals surface area contributed by atoms with Crippen LogP contribution >= 0.6 is 0 Å². The number of amides is 3. The molecule has 2 unspecified atom stereocenters. The maximum atomic E-state index is 11.8. The second-order valence-electron chi connectivity index (χ2n) is 7.58. The first-order valence-corrected chi connectivity index (χ1v) is 12.4. The molecule has 0 bridgehead atoms. The van der Waals surface area contributed by atoms with Crippen molar-refractivity contribution in [1.29, 1.82) is 0 Å². The Morgan fingerprint density at radius 3 is 2.43 bits per heavy atom. The van der Waals surface area contributed by atoms with Crippen LogP contribution in [-0.2, 0) is 43.5 Å². The summed E-state index contributed by atoms with van der Waals surface area (Å²) in [5.74, 6) is -3.48. The topological polar surface area (TPSA) is 178 Å². The van der Waals surface area contributed by atoms with Crippen LogP contribution in [0.25, 0.3) is 0 Å². The van der Waals surface area contributed by atoms with Gasteiger partial charge in [0.1, 0.15) is 21.5 Å². The Hall–Kier alpha value is -1.55. The molecule has 0 spiro atoms. The molecule has 2 rings (SSSR count). The first-order valence-electron chi connectivity index (χ1n) is 11.0. The quantitative estimate of drug-likeness (QED) is 0.0907. The molecule has 0 aromatic heterocycles. The van der Waals surface area contributed by atoms with E-state index < -0.39 is 45.7 Å². The molecule has 0 aromatic rings. The molecule has 0 saturated carbocycles. The van der Waals surface area contributed by atoms with E-state index in [1.165, 1.54) is 0 Å². The zero-order valence-corrected chi connectivity index (χ0v) is 22.5. The number of hydrogen-bond donors (Lipinski definition) is 1. The third-order valence-electron chi connectivity index (χ3n) is 4.93. The van der Waals surface area contributed by atoms with Crippen molar-refractivity contribution in [3.05, 3.63) is 12.2 Å². The maximum Gasteiger partial charge on any atom is 1.00 e. The van der Waals surface area contributed by atoms with E-state index in [1.54, 1.807) is 0 Å². The Morgan fingerprint density at radius 2 is 1.74 bits per heavy atom. The molecule has 1 N–H and O–H groups in total. The van der Waals surface area contributed by atoms with E-state index in [9.17, 15) is 32.1 Å². The maximum absolute atomic E-state index is 11.8. The van der Waals surface area contributed by atoms with Crippen molar-refractivity contribution in [2.45, 2.75) is 56.3 Å². The van der Waals surface area contributed by atoms with Crippen LogP contribution in [0, 0.1) is 0 Å². The Labute approximate surface area is 225 Å². The van der Waals surface area contributed by atoms with Gasteiger partial charge in [-0.3, -0.25) is 9.59 Å². The Morgan fingerprint density at radius 1 is 1.06 bits per heavy atom. The Kier molecular flexibility index (Phi) is 14.6. The van der Waals surface area contributed by atoms with Crippen molar-refractivity contribution < 1.29 is 80.8 Å². The third-order valence-corrected chi connectivity index (χ3v) is 6.00. The van der Waals surface area contributed by atoms with Gasteiger partial charge in [0.05, 0.1) is 39.3 Å². The first kappa shape index (κ1) is 31.5. The summed E-state index contributed by atoms with van der Waals surface area (Å²) in [7, 11) is -5.03. The van der Waals surface area contributed by atoms with E-state index in [-0.39, 0.29) is 80.1 Å². The molecule has 35 heavy (non-hydrogen) atoms. The minimum absolute atomic E-state index is 0. The fourth-order valence-corrected chi connectivity index (χ4v) is 3.88. The van der Waals surface area contributed by atoms with Gasteiger partial charge in [0, 0.05) is 6.54 Å². The number of hydrogen-bond acceptors (Lipinski definition) is 11. The molecule has 1 saturated heterocycles. The Bertz CT molecular complexity index is 865. The van der Waals surface area contributed by atoms with Gasteiger partial charge < -0.3 is 28.9 Å². The van der Waals surface area contributed by atoms with E-state index >= 15 is 0 Å². The molecule has 192 valence electrons. The molecule has 1 heterocycles. The second kappa shape index (κ2) is 16.2. The predicted octanol–water partition coefficient (Wildman–Crippen LogP) is -2.84. The van der Waals surface area contributed by atoms with Gasteiger partial charge >= 0.3 is 41.6 Å². The summed E-state index contributed by atoms with van der Waals surface area (Å²) in [6.07, 6.45) is 6.99. The van der Waals surface area contributed by atoms with Crippen molar-refractivity contribution >= 4 is 34.0 Å². The predicted molar refractivity (Wildman–Crippen MR) is 113 cm³/mol. The van der Waals surface area contributed by atoms with Crippen molar-refractivity contribution in [3.63, 3.8) is 0 Å². The van der Waals surface area contributed by atoms with Crippen molar-refractivity contribution in [2.75, 3.05) is 33.0 Å². The number of carbonyl (C=O) groups is 4. The smallest absolute Gasteiger partial charge is 0.747 e. The van der Waals surface area contributed by atoms with E-state index in [4.69, 9.17) is 14.2 Å². The number of hydroxylamine groups is 2. The molecule has 13 nitrogen and oxygen atoms in total. The zero-order valence-electron chi connectivity index (χ0n) is 19.6. The Balaban J connectivity index is 0.00000612. The van der Waals surface area contributed by atoms with Gasteiger partial charge in [-0.2, -0.15) is 0 Å². The van der Waals surface area contributed by atoms with Gasteiger partial charge in [0.25, 0.3) is 11.8 Å². The summed E-state index contributed by atoms with van der Waals surface area (Å²) in [5, 5.41) is 0.525. The van der Waals surface area contributed by atoms with Crippen LogP contribution in [0.15, 0.2) is 12.2 Å². The summed E-state index contributed by atoms with van der Waals surface area (Å²) in [5.41, 5.74) is 0. The molecule has 0 radical (unpaired) electrons. The standard InChI is InChI=1S/C20H30N2O11S.Na/c23-17-14-16(34(27,28)29)19(25)22(17)33-18(24)8-10-30-12-13-31-11-9-21-20(26)32-15-6-4-2-1-3-5-7-15;/h1-2,15-16H,3-14H2,(H,21,26)(H,27,28,29);/q;+1/p-1/b2-1+;. The van der Waals surface area contributed by atoms with Gasteiger partial charge in [0.15, 0.2) is 0 Å². The molecule has 2 atom stereocenters. The molecule has 15 heteroatoms. The normalized spacial score (nSPS) is 21.5. The molecule has 1 aliphatic carbocycles. The summed E-state index contributed by atoms with van der Waals surface area (Å²) >= 11 is 0. The second-order valence-corrected chi connectivity index (χ2v) is 9.14. The molecule has 0 aromatic carbocycles. The van der Waals surface area contributed by atoms with Gasteiger partial charge in [-0.05, 0) is 32.1 Å². The van der Waals surface area contributed by atoms with Gasteiger partial charge in [-0.1, -0.05) is 12.2 Å². The van der Waals surface area contributed by atoms with Crippen LogP contribution in [0.2, 0.25) is 0 Å². The number of imide groups is 1. The minimum Gasteiger partial charge on any atom is -0.747 e. The number of nitrogens with zero attached hydrogens (tertiary/aromatic N) is 1. The number of rotatable bonds is 12. The minimum atomic E-state index is -5.03. The van der Waals surface area contributed by atoms with Crippen LogP contribution in [0.1, 0.15) is 44.9 Å². The van der Waals surface area contributed by atoms with Gasteiger partial charge in [-0.15, -0.1) is 5.06 Å². The van der Waals surface area contributed by atoms with Crippen LogP contribution in [0.3, 0.4) is 0 Å². The monoisotopic (exact) mass is 528 g/mol. The fourth-order valence-electron chi connectivity index (χ4n) is 3.19. The van der Waals surface area contributed by atoms with Crippen molar-refractivity contribution in [3.8, 4) is 0 Å². The zero-order chi connectivity index (χ0) is 25.0. The number of allylic oxidation sites excluding steroid dienone is 2. The molecular weight excluding hydrogens is 499 g/mol. The summed E-state index contributed by atoms with van der Waals surface area (Å²) in [6.45, 7) is 0.702. The van der Waals surface area contributed by atoms with Gasteiger partial charge in [-0.25, -0.2) is 18.0 Å². The van der Waals surface area contributed by atoms with Crippen LogP contribution in [0.5, 0.6) is 0 Å². The largest absolute Gasteiger partial charge is 1.00 e. The molecular formula is C20H29N2NaO11S. The number of alkyl carbamates (subject to hydrolysis) is 1.